The molecule has 0 unspecified atom stereocenters. The van der Waals surface area contributed by atoms with E-state index in [1.165, 1.54) is 0 Å². The third-order valence-electron chi connectivity index (χ3n) is 2.79. The van der Waals surface area contributed by atoms with Crippen molar-refractivity contribution >= 4 is 5.91 Å². The Hall–Kier alpha value is -2.41. The number of hydrogen-bond acceptors (Lipinski definition) is 6. The molecule has 0 bridgehead atoms. The zero-order chi connectivity index (χ0) is 14.7. The highest BCUT2D eigenvalue weighted by Gasteiger charge is 2.11. The molecule has 0 spiro atoms. The number of rotatable bonds is 5. The van der Waals surface area contributed by atoms with Crippen LogP contribution in [0.1, 0.15) is 17.0 Å². The Morgan fingerprint density at radius 3 is 2.65 bits per heavy atom. The normalized spacial score (nSPS) is 10.7. The summed E-state index contributed by atoms with van der Waals surface area (Å²) in [5.74, 6) is 0.617. The van der Waals surface area contributed by atoms with E-state index in [0.29, 0.717) is 11.7 Å². The number of carbonyl (C=O) groups excluding carboxylic acids is 1. The molecule has 1 aromatic carbocycles. The Morgan fingerprint density at radius 1 is 1.40 bits per heavy atom. The Labute approximate surface area is 115 Å². The molecule has 0 aliphatic carbocycles. The lowest BCUT2D eigenvalue weighted by atomic mass is 10.1. The molecule has 7 heteroatoms. The average molecular weight is 276 g/mol. The van der Waals surface area contributed by atoms with Crippen molar-refractivity contribution in [3.05, 3.63) is 29.2 Å². The van der Waals surface area contributed by atoms with Crippen LogP contribution in [0.3, 0.4) is 0 Å². The minimum Gasteiger partial charge on any atom is -0.507 e. The van der Waals surface area contributed by atoms with Gasteiger partial charge in [-0.05, 0) is 37.1 Å². The number of carbonyl (C=O) groups is 1. The number of primary amides is 1. The van der Waals surface area contributed by atoms with E-state index in [1.54, 1.807) is 26.0 Å². The number of aromatic hydroxyl groups is 1. The fraction of sp³-hybridized carbons (Fsp3) is 0.308. The highest BCUT2D eigenvalue weighted by atomic mass is 16.5. The van der Waals surface area contributed by atoms with Crippen LogP contribution in [0, 0.1) is 13.8 Å². The van der Waals surface area contributed by atoms with Gasteiger partial charge in [-0.15, -0.1) is 0 Å². The standard InChI is InChI=1S/C13H16N4O3/c1-7-3-9(4-8(2)12(7)19)13-16-11(20-17-13)6-15-5-10(14)18/h3-4,15,19H,5-6H2,1-2H3,(H2,14,18). The van der Waals surface area contributed by atoms with Crippen molar-refractivity contribution in [3.63, 3.8) is 0 Å². The molecule has 2 rings (SSSR count). The van der Waals surface area contributed by atoms with E-state index in [-0.39, 0.29) is 18.8 Å². The predicted molar refractivity (Wildman–Crippen MR) is 71.8 cm³/mol. The molecule has 0 atom stereocenters. The molecule has 106 valence electrons. The van der Waals surface area contributed by atoms with Gasteiger partial charge < -0.3 is 15.4 Å². The molecule has 0 fully saturated rings. The molecule has 0 saturated carbocycles. The first-order valence-corrected chi connectivity index (χ1v) is 6.09. The number of phenols is 1. The van der Waals surface area contributed by atoms with E-state index in [2.05, 4.69) is 15.5 Å². The molecular weight excluding hydrogens is 260 g/mol. The first-order chi connectivity index (χ1) is 9.47. The zero-order valence-corrected chi connectivity index (χ0v) is 11.3. The van der Waals surface area contributed by atoms with Crippen LogP contribution in [0.25, 0.3) is 11.4 Å². The van der Waals surface area contributed by atoms with E-state index in [1.807, 2.05) is 0 Å². The summed E-state index contributed by atoms with van der Waals surface area (Å²) in [4.78, 5) is 14.8. The zero-order valence-electron chi connectivity index (χ0n) is 11.3. The van der Waals surface area contributed by atoms with Crippen LogP contribution in [-0.2, 0) is 11.3 Å². The summed E-state index contributed by atoms with van der Waals surface area (Å²) in [5, 5.41) is 16.4. The van der Waals surface area contributed by atoms with Crippen molar-refractivity contribution in [3.8, 4) is 17.1 Å². The monoisotopic (exact) mass is 276 g/mol. The SMILES string of the molecule is Cc1cc(-c2noc(CNCC(N)=O)n2)cc(C)c1O. The van der Waals surface area contributed by atoms with Crippen LogP contribution in [0.15, 0.2) is 16.7 Å². The van der Waals surface area contributed by atoms with E-state index >= 15 is 0 Å². The first kappa shape index (κ1) is 14.0. The summed E-state index contributed by atoms with van der Waals surface area (Å²) < 4.78 is 5.07. The number of aryl methyl sites for hydroxylation is 2. The molecule has 20 heavy (non-hydrogen) atoms. The second-order valence-electron chi connectivity index (χ2n) is 4.54. The fourth-order valence-electron chi connectivity index (χ4n) is 1.82. The topological polar surface area (TPSA) is 114 Å². The minimum atomic E-state index is -0.450. The van der Waals surface area contributed by atoms with Crippen LogP contribution < -0.4 is 11.1 Å². The third-order valence-corrected chi connectivity index (χ3v) is 2.79. The van der Waals surface area contributed by atoms with Crippen molar-refractivity contribution in [1.29, 1.82) is 0 Å². The van der Waals surface area contributed by atoms with Crippen molar-refractivity contribution in [2.45, 2.75) is 20.4 Å². The maximum Gasteiger partial charge on any atom is 0.240 e. The molecule has 7 nitrogen and oxygen atoms in total. The number of nitrogens with one attached hydrogen (secondary N) is 1. The number of hydrogen-bond donors (Lipinski definition) is 3. The lowest BCUT2D eigenvalue weighted by Gasteiger charge is -2.04. The Bertz CT molecular complexity index is 613. The highest BCUT2D eigenvalue weighted by Crippen LogP contribution is 2.27. The lowest BCUT2D eigenvalue weighted by molar-refractivity contribution is -0.117. The Balaban J connectivity index is 2.14. The van der Waals surface area contributed by atoms with E-state index < -0.39 is 5.91 Å². The van der Waals surface area contributed by atoms with Gasteiger partial charge in [-0.25, -0.2) is 0 Å². The van der Waals surface area contributed by atoms with Crippen LogP contribution >= 0.6 is 0 Å². The molecule has 1 amide bonds. The fourth-order valence-corrected chi connectivity index (χ4v) is 1.82. The van der Waals surface area contributed by atoms with Gasteiger partial charge in [0.2, 0.25) is 17.6 Å². The summed E-state index contributed by atoms with van der Waals surface area (Å²) in [6.07, 6.45) is 0. The van der Waals surface area contributed by atoms with Gasteiger partial charge in [-0.3, -0.25) is 10.1 Å². The van der Waals surface area contributed by atoms with Gasteiger partial charge >= 0.3 is 0 Å². The molecule has 0 aliphatic heterocycles. The van der Waals surface area contributed by atoms with Gasteiger partial charge in [0.1, 0.15) is 5.75 Å². The summed E-state index contributed by atoms with van der Waals surface area (Å²) >= 11 is 0. The number of nitrogens with zero attached hydrogens (tertiary/aromatic N) is 2. The van der Waals surface area contributed by atoms with Gasteiger partial charge in [0.15, 0.2) is 0 Å². The minimum absolute atomic E-state index is 0.0507. The van der Waals surface area contributed by atoms with Gasteiger partial charge in [0, 0.05) is 5.56 Å². The molecule has 0 saturated heterocycles. The summed E-state index contributed by atoms with van der Waals surface area (Å²) in [7, 11) is 0. The Morgan fingerprint density at radius 2 is 2.05 bits per heavy atom. The quantitative estimate of drug-likeness (QED) is 0.738. The van der Waals surface area contributed by atoms with Crippen molar-refractivity contribution in [2.75, 3.05) is 6.54 Å². The number of phenolic OH excluding ortho intramolecular Hbond substituents is 1. The molecular formula is C13H16N4O3. The molecule has 4 N–H and O–H groups in total. The number of nitrogens with two attached hydrogens (primary N) is 1. The van der Waals surface area contributed by atoms with E-state index in [4.69, 9.17) is 10.3 Å². The Kier molecular flexibility index (Phi) is 3.99. The van der Waals surface area contributed by atoms with Crippen LogP contribution in [0.5, 0.6) is 5.75 Å². The first-order valence-electron chi connectivity index (χ1n) is 6.09. The van der Waals surface area contributed by atoms with E-state index in [9.17, 15) is 9.90 Å². The number of amides is 1. The van der Waals surface area contributed by atoms with Crippen molar-refractivity contribution < 1.29 is 14.4 Å². The molecule has 1 aromatic heterocycles. The molecule has 0 radical (unpaired) electrons. The molecule has 2 aromatic rings. The summed E-state index contributed by atoms with van der Waals surface area (Å²) in [6, 6.07) is 3.57. The van der Waals surface area contributed by atoms with Crippen molar-refractivity contribution in [2.24, 2.45) is 5.73 Å². The second-order valence-corrected chi connectivity index (χ2v) is 4.54. The van der Waals surface area contributed by atoms with Crippen LogP contribution in [0.4, 0.5) is 0 Å². The summed E-state index contributed by atoms with van der Waals surface area (Å²) in [5.41, 5.74) is 7.27. The van der Waals surface area contributed by atoms with E-state index in [0.717, 1.165) is 16.7 Å². The van der Waals surface area contributed by atoms with Crippen LogP contribution in [0.2, 0.25) is 0 Å². The maximum absolute atomic E-state index is 10.6. The predicted octanol–water partition coefficient (Wildman–Crippen LogP) is 0.634. The smallest absolute Gasteiger partial charge is 0.240 e. The second kappa shape index (κ2) is 5.70. The largest absolute Gasteiger partial charge is 0.507 e. The van der Waals surface area contributed by atoms with Gasteiger partial charge in [-0.2, -0.15) is 4.98 Å². The van der Waals surface area contributed by atoms with Gasteiger partial charge in [0.05, 0.1) is 13.1 Å². The highest BCUT2D eigenvalue weighted by molar-refractivity contribution is 5.75. The van der Waals surface area contributed by atoms with Crippen molar-refractivity contribution in [1.82, 2.24) is 15.5 Å². The lowest BCUT2D eigenvalue weighted by Crippen LogP contribution is -2.28. The number of aromatic nitrogens is 2. The third kappa shape index (κ3) is 3.12. The number of benzene rings is 1. The van der Waals surface area contributed by atoms with Crippen LogP contribution in [-0.4, -0.2) is 27.7 Å². The van der Waals surface area contributed by atoms with Gasteiger partial charge in [0.25, 0.3) is 0 Å². The molecule has 0 aliphatic rings. The van der Waals surface area contributed by atoms with Gasteiger partial charge in [-0.1, -0.05) is 5.16 Å². The maximum atomic E-state index is 10.6. The average Bonchev–Trinajstić information content (AvgIpc) is 2.83. The molecule has 1 heterocycles. The summed E-state index contributed by atoms with van der Waals surface area (Å²) in [6.45, 7) is 3.93.